The van der Waals surface area contributed by atoms with Crippen LogP contribution in [-0.2, 0) is 22.6 Å². The molecule has 4 aromatic rings. The number of rotatable bonds is 8. The van der Waals surface area contributed by atoms with Crippen LogP contribution in [0.1, 0.15) is 22.3 Å². The van der Waals surface area contributed by atoms with Crippen LogP contribution in [0.2, 0.25) is 0 Å². The second-order valence-corrected chi connectivity index (χ2v) is 9.47. The first kappa shape index (κ1) is 26.4. The molecule has 0 aromatic heterocycles. The molecule has 0 bridgehead atoms. The number of fused-ring (bicyclic) bond motifs is 1. The molecule has 4 amide bonds. The smallest absolute Gasteiger partial charge is 0.335 e. The highest BCUT2D eigenvalue weighted by atomic mass is 16.5. The standard InChI is InChI=1S/C33H28N2O5/c1-4-7-26-17-23(18-28-31(36)34-33(38)35(32(28)37)27-14-10-21(2)11-15-27)19-29(39-3)30(26)40-20-22-12-13-24-8-5-6-9-25(24)16-22/h4-6,8-19H,1,7,20H2,2-3H3,(H,34,36,38)/b28-18+. The summed E-state index contributed by atoms with van der Waals surface area (Å²) in [4.78, 5) is 39.5. The fourth-order valence-corrected chi connectivity index (χ4v) is 4.63. The number of imide groups is 2. The van der Waals surface area contributed by atoms with Gasteiger partial charge in [-0.15, -0.1) is 6.58 Å². The van der Waals surface area contributed by atoms with Crippen LogP contribution in [0.25, 0.3) is 16.8 Å². The molecule has 1 N–H and O–H groups in total. The Hall–Kier alpha value is -5.17. The second-order valence-electron chi connectivity index (χ2n) is 9.47. The van der Waals surface area contributed by atoms with Crippen LogP contribution < -0.4 is 19.7 Å². The highest BCUT2D eigenvalue weighted by Gasteiger charge is 2.36. The van der Waals surface area contributed by atoms with E-state index >= 15 is 0 Å². The molecule has 0 radical (unpaired) electrons. The molecular weight excluding hydrogens is 504 g/mol. The Morgan fingerprint density at radius 1 is 0.925 bits per heavy atom. The van der Waals surface area contributed by atoms with E-state index in [0.29, 0.717) is 35.8 Å². The first-order chi connectivity index (χ1) is 19.4. The van der Waals surface area contributed by atoms with Gasteiger partial charge >= 0.3 is 6.03 Å². The zero-order valence-corrected chi connectivity index (χ0v) is 22.3. The van der Waals surface area contributed by atoms with Gasteiger partial charge in [0, 0.05) is 5.56 Å². The Morgan fingerprint density at radius 3 is 2.40 bits per heavy atom. The third-order valence-electron chi connectivity index (χ3n) is 6.64. The third-order valence-corrected chi connectivity index (χ3v) is 6.64. The Kier molecular flexibility index (Phi) is 7.46. The highest BCUT2D eigenvalue weighted by molar-refractivity contribution is 6.39. The van der Waals surface area contributed by atoms with E-state index in [4.69, 9.17) is 9.47 Å². The number of urea groups is 1. The number of amides is 4. The SMILES string of the molecule is C=CCc1cc(/C=C2\C(=O)NC(=O)N(c3ccc(C)cc3)C2=O)cc(OC)c1OCc1ccc2ccccc2c1. The summed E-state index contributed by atoms with van der Waals surface area (Å²) < 4.78 is 11.9. The molecule has 5 rings (SSSR count). The van der Waals surface area contributed by atoms with Crippen molar-refractivity contribution in [3.05, 3.63) is 119 Å². The Labute approximate surface area is 232 Å². The van der Waals surface area contributed by atoms with Crippen molar-refractivity contribution in [3.8, 4) is 11.5 Å². The zero-order chi connectivity index (χ0) is 28.2. The minimum atomic E-state index is -0.793. The average Bonchev–Trinajstić information content (AvgIpc) is 2.95. The first-order valence-electron chi connectivity index (χ1n) is 12.8. The number of allylic oxidation sites excluding steroid dienone is 1. The van der Waals surface area contributed by atoms with Gasteiger partial charge in [0.15, 0.2) is 11.5 Å². The number of methoxy groups -OCH3 is 1. The number of carbonyl (C=O) groups is 3. The van der Waals surface area contributed by atoms with Crippen LogP contribution in [0, 0.1) is 6.92 Å². The van der Waals surface area contributed by atoms with Gasteiger partial charge in [-0.1, -0.05) is 60.2 Å². The van der Waals surface area contributed by atoms with Gasteiger partial charge in [0.25, 0.3) is 11.8 Å². The second kappa shape index (κ2) is 11.3. The van der Waals surface area contributed by atoms with Crippen LogP contribution in [-0.4, -0.2) is 25.0 Å². The quantitative estimate of drug-likeness (QED) is 0.168. The van der Waals surface area contributed by atoms with Crippen molar-refractivity contribution in [2.24, 2.45) is 0 Å². The predicted octanol–water partition coefficient (Wildman–Crippen LogP) is 6.13. The molecule has 40 heavy (non-hydrogen) atoms. The Bertz CT molecular complexity index is 1670. The molecule has 0 atom stereocenters. The summed E-state index contributed by atoms with van der Waals surface area (Å²) in [6.07, 6.45) is 3.66. The summed E-state index contributed by atoms with van der Waals surface area (Å²) in [5.74, 6) is -0.478. The van der Waals surface area contributed by atoms with Gasteiger partial charge in [0.1, 0.15) is 12.2 Å². The molecular formula is C33H28N2O5. The molecule has 0 unspecified atom stereocenters. The van der Waals surface area contributed by atoms with E-state index < -0.39 is 17.8 Å². The number of aryl methyl sites for hydroxylation is 1. The van der Waals surface area contributed by atoms with Gasteiger partial charge in [0.2, 0.25) is 0 Å². The average molecular weight is 533 g/mol. The molecule has 7 nitrogen and oxygen atoms in total. The van der Waals surface area contributed by atoms with Gasteiger partial charge in [-0.2, -0.15) is 0 Å². The minimum Gasteiger partial charge on any atom is -0.493 e. The van der Waals surface area contributed by atoms with E-state index in [0.717, 1.165) is 32.4 Å². The fraction of sp³-hybridized carbons (Fsp3) is 0.121. The largest absolute Gasteiger partial charge is 0.493 e. The summed E-state index contributed by atoms with van der Waals surface area (Å²) in [5, 5.41) is 4.53. The fourth-order valence-electron chi connectivity index (χ4n) is 4.63. The van der Waals surface area contributed by atoms with Gasteiger partial charge in [-0.3, -0.25) is 14.9 Å². The molecule has 1 fully saturated rings. The summed E-state index contributed by atoms with van der Waals surface area (Å²) in [5.41, 5.74) is 3.50. The number of carbonyl (C=O) groups excluding carboxylic acids is 3. The minimum absolute atomic E-state index is 0.170. The van der Waals surface area contributed by atoms with Crippen LogP contribution >= 0.6 is 0 Å². The van der Waals surface area contributed by atoms with Crippen molar-refractivity contribution in [3.63, 3.8) is 0 Å². The van der Waals surface area contributed by atoms with Crippen LogP contribution in [0.4, 0.5) is 10.5 Å². The van der Waals surface area contributed by atoms with Crippen molar-refractivity contribution in [1.82, 2.24) is 5.32 Å². The maximum absolute atomic E-state index is 13.3. The van der Waals surface area contributed by atoms with Crippen LogP contribution in [0.5, 0.6) is 11.5 Å². The number of ether oxygens (including phenoxy) is 2. The topological polar surface area (TPSA) is 84.9 Å². The molecule has 0 spiro atoms. The molecule has 1 aliphatic rings. The summed E-state index contributed by atoms with van der Waals surface area (Å²) in [6, 6.07) is 23.9. The van der Waals surface area contributed by atoms with Gasteiger partial charge in [-0.05, 0) is 71.7 Å². The number of nitrogens with one attached hydrogen (secondary N) is 1. The van der Waals surface area contributed by atoms with Crippen LogP contribution in [0.15, 0.2) is 97.1 Å². The lowest BCUT2D eigenvalue weighted by Gasteiger charge is -2.26. The van der Waals surface area contributed by atoms with E-state index in [1.165, 1.54) is 13.2 Å². The van der Waals surface area contributed by atoms with Crippen molar-refractivity contribution < 1.29 is 23.9 Å². The molecule has 0 aliphatic carbocycles. The molecule has 200 valence electrons. The molecule has 4 aromatic carbocycles. The summed E-state index contributed by atoms with van der Waals surface area (Å²) >= 11 is 0. The lowest BCUT2D eigenvalue weighted by Crippen LogP contribution is -2.54. The molecule has 1 aliphatic heterocycles. The van der Waals surface area contributed by atoms with Gasteiger partial charge in [-0.25, -0.2) is 9.69 Å². The predicted molar refractivity (Wildman–Crippen MR) is 155 cm³/mol. The van der Waals surface area contributed by atoms with Crippen molar-refractivity contribution in [2.45, 2.75) is 20.0 Å². The van der Waals surface area contributed by atoms with Gasteiger partial charge in [0.05, 0.1) is 12.8 Å². The molecule has 7 heteroatoms. The normalized spacial score (nSPS) is 14.4. The Balaban J connectivity index is 1.47. The number of anilines is 1. The van der Waals surface area contributed by atoms with E-state index in [2.05, 4.69) is 36.2 Å². The third kappa shape index (κ3) is 5.35. The van der Waals surface area contributed by atoms with E-state index in [-0.39, 0.29) is 5.57 Å². The number of nitrogens with zero attached hydrogens (tertiary/aromatic N) is 1. The lowest BCUT2D eigenvalue weighted by molar-refractivity contribution is -0.122. The monoisotopic (exact) mass is 532 g/mol. The molecule has 1 saturated heterocycles. The van der Waals surface area contributed by atoms with E-state index in [1.54, 1.807) is 36.4 Å². The van der Waals surface area contributed by atoms with Crippen molar-refractivity contribution in [2.75, 3.05) is 12.0 Å². The number of hydrogen-bond acceptors (Lipinski definition) is 5. The van der Waals surface area contributed by atoms with Crippen molar-refractivity contribution >= 4 is 40.4 Å². The first-order valence-corrected chi connectivity index (χ1v) is 12.8. The summed E-state index contributed by atoms with van der Waals surface area (Å²) in [6.45, 7) is 6.08. The lowest BCUT2D eigenvalue weighted by atomic mass is 10.0. The summed E-state index contributed by atoms with van der Waals surface area (Å²) in [7, 11) is 1.53. The number of hydrogen-bond donors (Lipinski definition) is 1. The zero-order valence-electron chi connectivity index (χ0n) is 22.3. The molecule has 1 heterocycles. The Morgan fingerprint density at radius 2 is 1.68 bits per heavy atom. The van der Waals surface area contributed by atoms with E-state index in [9.17, 15) is 14.4 Å². The van der Waals surface area contributed by atoms with E-state index in [1.807, 2.05) is 31.2 Å². The van der Waals surface area contributed by atoms with Gasteiger partial charge < -0.3 is 9.47 Å². The number of barbiturate groups is 1. The molecule has 0 saturated carbocycles. The highest BCUT2D eigenvalue weighted by Crippen LogP contribution is 2.35. The van der Waals surface area contributed by atoms with Crippen LogP contribution in [0.3, 0.4) is 0 Å². The number of benzene rings is 4. The maximum Gasteiger partial charge on any atom is 0.335 e. The maximum atomic E-state index is 13.3. The van der Waals surface area contributed by atoms with Crippen molar-refractivity contribution in [1.29, 1.82) is 0 Å².